The highest BCUT2D eigenvalue weighted by Crippen LogP contribution is 2.39. The van der Waals surface area contributed by atoms with Gasteiger partial charge in [-0.05, 0) is 24.1 Å². The van der Waals surface area contributed by atoms with Gasteiger partial charge in [-0.2, -0.15) is 0 Å². The van der Waals surface area contributed by atoms with Crippen LogP contribution in [0, 0.1) is 0 Å². The summed E-state index contributed by atoms with van der Waals surface area (Å²) in [6.07, 6.45) is 1.71. The Morgan fingerprint density at radius 1 is 1.08 bits per heavy atom. The molecule has 1 saturated heterocycles. The third kappa shape index (κ3) is 3.44. The zero-order chi connectivity index (χ0) is 18.7. The molecule has 0 aliphatic carbocycles. The highest BCUT2D eigenvalue weighted by Gasteiger charge is 2.45. The van der Waals surface area contributed by atoms with Crippen LogP contribution in [0.4, 0.5) is 0 Å². The third-order valence-electron chi connectivity index (χ3n) is 4.53. The summed E-state index contributed by atoms with van der Waals surface area (Å²) in [4.78, 5) is 26.9. The lowest BCUT2D eigenvalue weighted by Gasteiger charge is -2.25. The van der Waals surface area contributed by atoms with Crippen molar-refractivity contribution in [1.29, 1.82) is 0 Å². The number of halogens is 1. The number of hydrogen-bond acceptors (Lipinski definition) is 3. The molecule has 1 unspecified atom stereocenters. The van der Waals surface area contributed by atoms with Gasteiger partial charge in [-0.15, -0.1) is 0 Å². The van der Waals surface area contributed by atoms with Crippen LogP contribution in [0.25, 0.3) is 5.76 Å². The lowest BCUT2D eigenvalue weighted by molar-refractivity contribution is -0.139. The van der Waals surface area contributed by atoms with Gasteiger partial charge in [0.2, 0.25) is 0 Å². The number of ketones is 1. The number of aliphatic hydroxyl groups excluding tert-OH is 1. The predicted octanol–water partition coefficient (Wildman–Crippen LogP) is 4.67. The molecule has 0 aromatic heterocycles. The van der Waals surface area contributed by atoms with E-state index in [1.54, 1.807) is 29.2 Å². The molecule has 0 spiro atoms. The SMILES string of the molecule is CCCCN1C(=O)C(=O)/C(=C(/O)c2ccccc2)C1c1ccc(Br)cc1. The summed E-state index contributed by atoms with van der Waals surface area (Å²) in [5, 5.41) is 10.8. The number of rotatable bonds is 5. The van der Waals surface area contributed by atoms with Crippen LogP contribution < -0.4 is 0 Å². The average Bonchev–Trinajstić information content (AvgIpc) is 2.91. The molecule has 1 fully saturated rings. The molecule has 3 rings (SSSR count). The number of carbonyl (C=O) groups excluding carboxylic acids is 2. The molecule has 134 valence electrons. The summed E-state index contributed by atoms with van der Waals surface area (Å²) in [7, 11) is 0. The topological polar surface area (TPSA) is 57.6 Å². The second kappa shape index (κ2) is 7.87. The molecule has 1 heterocycles. The van der Waals surface area contributed by atoms with Crippen LogP contribution in [0.2, 0.25) is 0 Å². The molecule has 1 N–H and O–H groups in total. The molecule has 1 amide bonds. The van der Waals surface area contributed by atoms with Gasteiger partial charge in [0.1, 0.15) is 5.76 Å². The third-order valence-corrected chi connectivity index (χ3v) is 5.05. The van der Waals surface area contributed by atoms with E-state index in [9.17, 15) is 14.7 Å². The van der Waals surface area contributed by atoms with Crippen LogP contribution in [-0.2, 0) is 9.59 Å². The quantitative estimate of drug-likeness (QED) is 0.440. The van der Waals surface area contributed by atoms with Gasteiger partial charge >= 0.3 is 0 Å². The van der Waals surface area contributed by atoms with Gasteiger partial charge in [-0.25, -0.2) is 0 Å². The number of nitrogens with zero attached hydrogens (tertiary/aromatic N) is 1. The number of aliphatic hydroxyl groups is 1. The van der Waals surface area contributed by atoms with Gasteiger partial charge in [0.05, 0.1) is 11.6 Å². The fraction of sp³-hybridized carbons (Fsp3) is 0.238. The first kappa shape index (κ1) is 18.4. The first-order valence-corrected chi connectivity index (χ1v) is 9.43. The van der Waals surface area contributed by atoms with Crippen molar-refractivity contribution in [3.05, 3.63) is 75.8 Å². The Hall–Kier alpha value is -2.40. The van der Waals surface area contributed by atoms with E-state index in [4.69, 9.17) is 0 Å². The number of benzene rings is 2. The zero-order valence-corrected chi connectivity index (χ0v) is 16.1. The Kier molecular flexibility index (Phi) is 5.57. The van der Waals surface area contributed by atoms with Gasteiger partial charge < -0.3 is 10.0 Å². The Morgan fingerprint density at radius 2 is 1.73 bits per heavy atom. The average molecular weight is 414 g/mol. The van der Waals surface area contributed by atoms with Crippen LogP contribution in [-0.4, -0.2) is 28.2 Å². The maximum Gasteiger partial charge on any atom is 0.295 e. The van der Waals surface area contributed by atoms with Crippen molar-refractivity contribution < 1.29 is 14.7 Å². The molecular formula is C21H20BrNO3. The van der Waals surface area contributed by atoms with Crippen molar-refractivity contribution in [3.8, 4) is 0 Å². The molecule has 1 aliphatic rings. The smallest absolute Gasteiger partial charge is 0.295 e. The van der Waals surface area contributed by atoms with Crippen molar-refractivity contribution in [3.63, 3.8) is 0 Å². The van der Waals surface area contributed by atoms with Gasteiger partial charge in [0.25, 0.3) is 11.7 Å². The lowest BCUT2D eigenvalue weighted by atomic mass is 9.95. The summed E-state index contributed by atoms with van der Waals surface area (Å²) in [5.74, 6) is -1.31. The lowest BCUT2D eigenvalue weighted by Crippen LogP contribution is -2.30. The fourth-order valence-corrected chi connectivity index (χ4v) is 3.45. The minimum Gasteiger partial charge on any atom is -0.507 e. The molecule has 1 aliphatic heterocycles. The van der Waals surface area contributed by atoms with Gasteiger partial charge in [0, 0.05) is 16.6 Å². The molecule has 0 radical (unpaired) electrons. The van der Waals surface area contributed by atoms with Gasteiger partial charge in [-0.1, -0.05) is 71.7 Å². The van der Waals surface area contributed by atoms with Crippen molar-refractivity contribution >= 4 is 33.4 Å². The van der Waals surface area contributed by atoms with Crippen molar-refractivity contribution in [2.24, 2.45) is 0 Å². The van der Waals surface area contributed by atoms with Crippen molar-refractivity contribution in [1.82, 2.24) is 4.90 Å². The summed E-state index contributed by atoms with van der Waals surface area (Å²) < 4.78 is 0.912. The van der Waals surface area contributed by atoms with E-state index < -0.39 is 17.7 Å². The molecule has 26 heavy (non-hydrogen) atoms. The highest BCUT2D eigenvalue weighted by molar-refractivity contribution is 9.10. The minimum atomic E-state index is -0.629. The number of Topliss-reactive ketones (excluding diaryl/α,β-unsaturated/α-hetero) is 1. The fourth-order valence-electron chi connectivity index (χ4n) is 3.18. The van der Waals surface area contributed by atoms with Crippen LogP contribution in [0.1, 0.15) is 36.9 Å². The molecule has 5 heteroatoms. The molecule has 0 saturated carbocycles. The Balaban J connectivity index is 2.15. The van der Waals surface area contributed by atoms with E-state index in [1.807, 2.05) is 37.3 Å². The number of amides is 1. The second-order valence-corrected chi connectivity index (χ2v) is 7.18. The van der Waals surface area contributed by atoms with Crippen LogP contribution in [0.15, 0.2) is 64.6 Å². The second-order valence-electron chi connectivity index (χ2n) is 6.26. The van der Waals surface area contributed by atoms with E-state index in [0.29, 0.717) is 12.1 Å². The standard InChI is InChI=1S/C21H20BrNO3/c1-2-3-13-23-18(14-9-11-16(22)12-10-14)17(20(25)21(23)26)19(24)15-7-5-4-6-8-15/h4-12,18,24H,2-3,13H2,1H3/b19-17+. The van der Waals surface area contributed by atoms with Crippen molar-refractivity contribution in [2.45, 2.75) is 25.8 Å². The molecule has 2 aromatic rings. The van der Waals surface area contributed by atoms with Crippen LogP contribution in [0.3, 0.4) is 0 Å². The minimum absolute atomic E-state index is 0.129. The van der Waals surface area contributed by atoms with E-state index in [1.165, 1.54) is 0 Å². The Labute approximate surface area is 161 Å². The summed E-state index contributed by atoms with van der Waals surface area (Å²) >= 11 is 3.41. The van der Waals surface area contributed by atoms with E-state index in [2.05, 4.69) is 15.9 Å². The Morgan fingerprint density at radius 3 is 2.35 bits per heavy atom. The number of hydrogen-bond donors (Lipinski definition) is 1. The number of unbranched alkanes of at least 4 members (excludes halogenated alkanes) is 1. The van der Waals surface area contributed by atoms with E-state index in [-0.39, 0.29) is 11.3 Å². The zero-order valence-electron chi connectivity index (χ0n) is 14.5. The normalized spacial score (nSPS) is 19.2. The first-order chi connectivity index (χ1) is 12.5. The molecule has 1 atom stereocenters. The number of likely N-dealkylation sites (tertiary alicyclic amines) is 1. The van der Waals surface area contributed by atoms with Crippen molar-refractivity contribution in [2.75, 3.05) is 6.54 Å². The van der Waals surface area contributed by atoms with Crippen LogP contribution in [0.5, 0.6) is 0 Å². The van der Waals surface area contributed by atoms with E-state index in [0.717, 1.165) is 22.9 Å². The van der Waals surface area contributed by atoms with Gasteiger partial charge in [-0.3, -0.25) is 9.59 Å². The number of carbonyl (C=O) groups is 2. The summed E-state index contributed by atoms with van der Waals surface area (Å²) in [6.45, 7) is 2.52. The Bertz CT molecular complexity index is 843. The maximum atomic E-state index is 12.7. The molecular weight excluding hydrogens is 394 g/mol. The highest BCUT2D eigenvalue weighted by atomic mass is 79.9. The summed E-state index contributed by atoms with van der Waals surface area (Å²) in [5.41, 5.74) is 1.49. The first-order valence-electron chi connectivity index (χ1n) is 8.64. The molecule has 0 bridgehead atoms. The van der Waals surface area contributed by atoms with Crippen LogP contribution >= 0.6 is 15.9 Å². The molecule has 2 aromatic carbocycles. The van der Waals surface area contributed by atoms with E-state index >= 15 is 0 Å². The monoisotopic (exact) mass is 413 g/mol. The van der Waals surface area contributed by atoms with Gasteiger partial charge in [0.15, 0.2) is 0 Å². The maximum absolute atomic E-state index is 12.7. The predicted molar refractivity (Wildman–Crippen MR) is 105 cm³/mol. The summed E-state index contributed by atoms with van der Waals surface area (Å²) in [6, 6.07) is 15.8. The molecule has 4 nitrogen and oxygen atoms in total. The largest absolute Gasteiger partial charge is 0.507 e.